The largest absolute Gasteiger partial charge is 0.494 e. The van der Waals surface area contributed by atoms with Crippen LogP contribution in [0.2, 0.25) is 0 Å². The molecule has 0 bridgehead atoms. The van der Waals surface area contributed by atoms with Crippen molar-refractivity contribution in [1.82, 2.24) is 5.32 Å². The van der Waals surface area contributed by atoms with Gasteiger partial charge in [0.15, 0.2) is 0 Å². The van der Waals surface area contributed by atoms with Crippen molar-refractivity contribution in [2.45, 2.75) is 38.9 Å². The lowest BCUT2D eigenvalue weighted by atomic mass is 9.79. The fourth-order valence-corrected chi connectivity index (χ4v) is 2.12. The second-order valence-electron chi connectivity index (χ2n) is 6.29. The first-order valence-electron chi connectivity index (χ1n) is 7.09. The van der Waals surface area contributed by atoms with E-state index in [1.54, 1.807) is 19.0 Å². The summed E-state index contributed by atoms with van der Waals surface area (Å²) in [4.78, 5) is 13.1. The van der Waals surface area contributed by atoms with Gasteiger partial charge in [-0.15, -0.1) is 0 Å². The van der Waals surface area contributed by atoms with E-state index in [0.29, 0.717) is 0 Å². The molecule has 1 aliphatic heterocycles. The van der Waals surface area contributed by atoms with Gasteiger partial charge in [-0.05, 0) is 45.3 Å². The minimum absolute atomic E-state index is 0.154. The van der Waals surface area contributed by atoms with Crippen molar-refractivity contribution in [3.05, 3.63) is 24.3 Å². The molecule has 0 saturated carbocycles. The summed E-state index contributed by atoms with van der Waals surface area (Å²) in [7, 11) is 2.95. The van der Waals surface area contributed by atoms with Crippen molar-refractivity contribution in [2.24, 2.45) is 0 Å². The minimum atomic E-state index is -0.380. The number of anilines is 1. The Morgan fingerprint density at radius 2 is 1.57 bits per heavy atom. The van der Waals surface area contributed by atoms with Crippen molar-refractivity contribution >= 4 is 24.3 Å². The van der Waals surface area contributed by atoms with Crippen LogP contribution in [0.15, 0.2) is 24.3 Å². The number of amides is 2. The van der Waals surface area contributed by atoms with E-state index in [4.69, 9.17) is 9.31 Å². The number of nitrogens with one attached hydrogen (secondary N) is 1. The fourth-order valence-electron chi connectivity index (χ4n) is 2.12. The first-order valence-corrected chi connectivity index (χ1v) is 7.09. The topological polar surface area (TPSA) is 50.8 Å². The number of hydrogen-bond donors (Lipinski definition) is 1. The van der Waals surface area contributed by atoms with Crippen LogP contribution >= 0.6 is 0 Å². The Hall–Kier alpha value is -1.53. The minimum Gasteiger partial charge on any atom is -0.399 e. The maximum absolute atomic E-state index is 11.6. The van der Waals surface area contributed by atoms with Crippen molar-refractivity contribution in [3.8, 4) is 0 Å². The standard InChI is InChI=1S/C15H23BN2O3/c1-14(2)15(3,4)21-16(20-14)11-7-9-12(10-8-11)18(6)13(19)17-5/h7-10H,1-6H3,(H,17,19). The van der Waals surface area contributed by atoms with E-state index in [0.717, 1.165) is 11.2 Å². The summed E-state index contributed by atoms with van der Waals surface area (Å²) in [5.41, 5.74) is 1.06. The van der Waals surface area contributed by atoms with E-state index in [2.05, 4.69) is 5.32 Å². The number of benzene rings is 1. The lowest BCUT2D eigenvalue weighted by Crippen LogP contribution is -2.41. The molecule has 1 N–H and O–H groups in total. The lowest BCUT2D eigenvalue weighted by molar-refractivity contribution is 0.00578. The van der Waals surface area contributed by atoms with Gasteiger partial charge in [-0.1, -0.05) is 12.1 Å². The number of carbonyl (C=O) groups is 1. The molecule has 0 radical (unpaired) electrons. The average Bonchev–Trinajstić information content (AvgIpc) is 2.66. The smallest absolute Gasteiger partial charge is 0.399 e. The molecular formula is C15H23BN2O3. The van der Waals surface area contributed by atoms with Gasteiger partial charge in [-0.2, -0.15) is 0 Å². The van der Waals surface area contributed by atoms with Gasteiger partial charge in [0.1, 0.15) is 0 Å². The van der Waals surface area contributed by atoms with Crippen LogP contribution in [0.3, 0.4) is 0 Å². The quantitative estimate of drug-likeness (QED) is 0.844. The maximum atomic E-state index is 11.6. The van der Waals surface area contributed by atoms with E-state index in [-0.39, 0.29) is 24.4 Å². The fraction of sp³-hybridized carbons (Fsp3) is 0.533. The third-order valence-corrected chi connectivity index (χ3v) is 4.32. The lowest BCUT2D eigenvalue weighted by Gasteiger charge is -2.32. The number of rotatable bonds is 2. The summed E-state index contributed by atoms with van der Waals surface area (Å²) < 4.78 is 12.0. The Balaban J connectivity index is 2.16. The highest BCUT2D eigenvalue weighted by Gasteiger charge is 2.51. The number of urea groups is 1. The summed E-state index contributed by atoms with van der Waals surface area (Å²) in [5.74, 6) is 0. The van der Waals surface area contributed by atoms with Gasteiger partial charge in [-0.3, -0.25) is 4.90 Å². The van der Waals surface area contributed by atoms with Crippen molar-refractivity contribution in [2.75, 3.05) is 19.0 Å². The average molecular weight is 290 g/mol. The summed E-state index contributed by atoms with van der Waals surface area (Å²) in [6.45, 7) is 8.11. The second-order valence-corrected chi connectivity index (χ2v) is 6.29. The predicted molar refractivity (Wildman–Crippen MR) is 85.0 cm³/mol. The number of carbonyl (C=O) groups excluding carboxylic acids is 1. The molecule has 114 valence electrons. The van der Waals surface area contributed by atoms with E-state index in [9.17, 15) is 4.79 Å². The Morgan fingerprint density at radius 3 is 2.00 bits per heavy atom. The molecule has 1 aliphatic rings. The van der Waals surface area contributed by atoms with Crippen LogP contribution < -0.4 is 15.7 Å². The maximum Gasteiger partial charge on any atom is 0.494 e. The van der Waals surface area contributed by atoms with E-state index >= 15 is 0 Å². The van der Waals surface area contributed by atoms with Crippen LogP contribution in [0.4, 0.5) is 10.5 Å². The Morgan fingerprint density at radius 1 is 1.10 bits per heavy atom. The molecule has 1 heterocycles. The molecule has 5 nitrogen and oxygen atoms in total. The molecule has 0 spiro atoms. The van der Waals surface area contributed by atoms with Gasteiger partial charge >= 0.3 is 13.1 Å². The van der Waals surface area contributed by atoms with Crippen LogP contribution in [0.25, 0.3) is 0 Å². The summed E-state index contributed by atoms with van der Waals surface area (Å²) in [6.07, 6.45) is 0. The van der Waals surface area contributed by atoms with Crippen molar-refractivity contribution in [1.29, 1.82) is 0 Å². The van der Waals surface area contributed by atoms with E-state index in [1.165, 1.54) is 0 Å². The highest BCUT2D eigenvalue weighted by Crippen LogP contribution is 2.36. The molecule has 2 rings (SSSR count). The summed E-state index contributed by atoms with van der Waals surface area (Å²) >= 11 is 0. The molecule has 2 amide bonds. The monoisotopic (exact) mass is 290 g/mol. The van der Waals surface area contributed by atoms with Crippen molar-refractivity contribution in [3.63, 3.8) is 0 Å². The molecular weight excluding hydrogens is 267 g/mol. The molecule has 0 atom stereocenters. The van der Waals surface area contributed by atoms with Crippen molar-refractivity contribution < 1.29 is 14.1 Å². The zero-order chi connectivity index (χ0) is 15.8. The molecule has 6 heteroatoms. The van der Waals surface area contributed by atoms with E-state index < -0.39 is 0 Å². The van der Waals surface area contributed by atoms with Crippen LogP contribution in [0.5, 0.6) is 0 Å². The van der Waals surface area contributed by atoms with Crippen LogP contribution in [-0.2, 0) is 9.31 Å². The molecule has 1 fully saturated rings. The predicted octanol–water partition coefficient (Wildman–Crippen LogP) is 1.76. The normalized spacial score (nSPS) is 19.4. The highest BCUT2D eigenvalue weighted by molar-refractivity contribution is 6.62. The molecule has 1 saturated heterocycles. The van der Waals surface area contributed by atoms with Gasteiger partial charge in [0.2, 0.25) is 0 Å². The van der Waals surface area contributed by atoms with Crippen LogP contribution in [-0.4, -0.2) is 38.4 Å². The SMILES string of the molecule is CNC(=O)N(C)c1ccc(B2OC(C)(C)C(C)(C)O2)cc1. The number of nitrogens with zero attached hydrogens (tertiary/aromatic N) is 1. The molecule has 0 unspecified atom stereocenters. The van der Waals surface area contributed by atoms with Gasteiger partial charge in [-0.25, -0.2) is 4.79 Å². The van der Waals surface area contributed by atoms with Crippen LogP contribution in [0.1, 0.15) is 27.7 Å². The zero-order valence-corrected chi connectivity index (χ0v) is 13.6. The van der Waals surface area contributed by atoms with Gasteiger partial charge in [0.25, 0.3) is 0 Å². The summed E-state index contributed by atoms with van der Waals surface area (Å²) in [6, 6.07) is 7.47. The zero-order valence-electron chi connectivity index (χ0n) is 13.6. The van der Waals surface area contributed by atoms with E-state index in [1.807, 2.05) is 52.0 Å². The second kappa shape index (κ2) is 5.35. The Bertz CT molecular complexity index is 512. The third kappa shape index (κ3) is 2.92. The Kier molecular flexibility index (Phi) is 4.04. The first kappa shape index (κ1) is 15.9. The molecule has 0 aromatic heterocycles. The molecule has 1 aromatic rings. The Labute approximate surface area is 126 Å². The molecule has 1 aromatic carbocycles. The molecule has 0 aliphatic carbocycles. The van der Waals surface area contributed by atoms with Gasteiger partial charge in [0.05, 0.1) is 11.2 Å². The number of hydrogen-bond acceptors (Lipinski definition) is 3. The first-order chi connectivity index (χ1) is 9.68. The molecule has 21 heavy (non-hydrogen) atoms. The third-order valence-electron chi connectivity index (χ3n) is 4.32. The van der Waals surface area contributed by atoms with Gasteiger partial charge < -0.3 is 14.6 Å². The van der Waals surface area contributed by atoms with Crippen LogP contribution in [0, 0.1) is 0 Å². The van der Waals surface area contributed by atoms with Gasteiger partial charge in [0, 0.05) is 19.8 Å². The highest BCUT2D eigenvalue weighted by atomic mass is 16.7. The summed E-state index contributed by atoms with van der Waals surface area (Å²) in [5, 5.41) is 2.59.